The van der Waals surface area contributed by atoms with E-state index in [2.05, 4.69) is 10.6 Å². The minimum Gasteiger partial charge on any atom is -0.444 e. The van der Waals surface area contributed by atoms with E-state index in [1.54, 1.807) is 0 Å². The fraction of sp³-hybridized carbons (Fsp3) is 0.923. The number of hydrogen-bond donors (Lipinski definition) is 4. The smallest absolute Gasteiger partial charge is 0.407 e. The van der Waals surface area contributed by atoms with E-state index in [9.17, 15) is 4.79 Å². The van der Waals surface area contributed by atoms with Crippen molar-refractivity contribution in [2.75, 3.05) is 19.7 Å². The van der Waals surface area contributed by atoms with Crippen molar-refractivity contribution in [1.29, 1.82) is 0 Å². The van der Waals surface area contributed by atoms with Gasteiger partial charge in [-0.3, -0.25) is 0 Å². The molecule has 2 unspecified atom stereocenters. The molecule has 0 aliphatic carbocycles. The van der Waals surface area contributed by atoms with E-state index in [0.29, 0.717) is 19.5 Å². The van der Waals surface area contributed by atoms with Gasteiger partial charge in [0.15, 0.2) is 0 Å². The molecule has 114 valence electrons. The lowest BCUT2D eigenvalue weighted by atomic mass is 10.1. The summed E-state index contributed by atoms with van der Waals surface area (Å²) in [6.07, 6.45) is 1.01. The quantitative estimate of drug-likeness (QED) is 0.520. The minimum absolute atomic E-state index is 0.122. The van der Waals surface area contributed by atoms with Crippen LogP contribution in [0.4, 0.5) is 4.79 Å². The van der Waals surface area contributed by atoms with Crippen LogP contribution in [0.25, 0.3) is 0 Å². The Morgan fingerprint density at radius 2 is 2.00 bits per heavy atom. The van der Waals surface area contributed by atoms with E-state index in [-0.39, 0.29) is 18.7 Å². The second kappa shape index (κ2) is 9.12. The zero-order chi connectivity index (χ0) is 14.9. The highest BCUT2D eigenvalue weighted by Crippen LogP contribution is 2.06. The summed E-state index contributed by atoms with van der Waals surface area (Å²) in [6.45, 7) is 8.64. The van der Waals surface area contributed by atoms with Gasteiger partial charge in [0.05, 0.1) is 0 Å². The lowest BCUT2D eigenvalue weighted by Gasteiger charge is -2.23. The molecule has 0 radical (unpaired) electrons. The Balaban J connectivity index is 3.86. The van der Waals surface area contributed by atoms with Crippen LogP contribution in [-0.2, 0) is 4.74 Å². The fourth-order valence-electron chi connectivity index (χ4n) is 1.61. The van der Waals surface area contributed by atoms with Gasteiger partial charge in [-0.05, 0) is 40.5 Å². The summed E-state index contributed by atoms with van der Waals surface area (Å²) >= 11 is 0. The number of nitrogens with two attached hydrogens (primary N) is 1. The van der Waals surface area contributed by atoms with Crippen LogP contribution in [0, 0.1) is 0 Å². The molecule has 0 saturated carbocycles. The van der Waals surface area contributed by atoms with Crippen molar-refractivity contribution in [1.82, 2.24) is 10.6 Å². The van der Waals surface area contributed by atoms with E-state index in [4.69, 9.17) is 15.6 Å². The van der Waals surface area contributed by atoms with Crippen molar-refractivity contribution in [2.24, 2.45) is 5.73 Å². The van der Waals surface area contributed by atoms with Crippen LogP contribution >= 0.6 is 0 Å². The molecule has 0 aromatic rings. The maximum Gasteiger partial charge on any atom is 0.407 e. The number of carbonyl (C=O) groups excluding carboxylic acids is 1. The molecule has 0 rings (SSSR count). The Morgan fingerprint density at radius 3 is 2.47 bits per heavy atom. The number of alkyl carbamates (subject to hydrolysis) is 1. The summed E-state index contributed by atoms with van der Waals surface area (Å²) in [5.41, 5.74) is 5.19. The molecule has 0 saturated heterocycles. The standard InChI is InChI=1S/C13H29N3O3/c1-10(6-8-17)16-11(9-14)5-7-15-12(18)19-13(2,3)4/h10-11,16-17H,5-9,14H2,1-4H3,(H,15,18). The first-order valence-electron chi connectivity index (χ1n) is 6.82. The molecule has 5 N–H and O–H groups in total. The van der Waals surface area contributed by atoms with Gasteiger partial charge >= 0.3 is 6.09 Å². The van der Waals surface area contributed by atoms with E-state index in [0.717, 1.165) is 6.42 Å². The number of hydrogen-bond acceptors (Lipinski definition) is 5. The van der Waals surface area contributed by atoms with E-state index in [1.165, 1.54) is 0 Å². The predicted molar refractivity (Wildman–Crippen MR) is 76.0 cm³/mol. The first-order valence-corrected chi connectivity index (χ1v) is 6.82. The van der Waals surface area contributed by atoms with Gasteiger partial charge in [-0.25, -0.2) is 4.79 Å². The molecule has 0 aliphatic rings. The Bertz CT molecular complexity index is 254. The highest BCUT2D eigenvalue weighted by Gasteiger charge is 2.16. The first kappa shape index (κ1) is 18.1. The topological polar surface area (TPSA) is 96.6 Å². The van der Waals surface area contributed by atoms with Gasteiger partial charge in [0, 0.05) is 31.8 Å². The second-order valence-corrected chi connectivity index (χ2v) is 5.73. The zero-order valence-corrected chi connectivity index (χ0v) is 12.5. The van der Waals surface area contributed by atoms with Crippen molar-refractivity contribution in [3.05, 3.63) is 0 Å². The molecule has 0 aromatic heterocycles. The zero-order valence-electron chi connectivity index (χ0n) is 12.5. The number of amides is 1. The van der Waals surface area contributed by atoms with Crippen LogP contribution in [0.1, 0.15) is 40.5 Å². The van der Waals surface area contributed by atoms with Gasteiger partial charge < -0.3 is 26.2 Å². The van der Waals surface area contributed by atoms with Crippen molar-refractivity contribution in [3.8, 4) is 0 Å². The predicted octanol–water partition coefficient (Wildman–Crippen LogP) is 0.589. The maximum atomic E-state index is 11.4. The van der Waals surface area contributed by atoms with Crippen molar-refractivity contribution in [3.63, 3.8) is 0 Å². The van der Waals surface area contributed by atoms with Gasteiger partial charge in [-0.1, -0.05) is 0 Å². The summed E-state index contributed by atoms with van der Waals surface area (Å²) in [5.74, 6) is 0. The lowest BCUT2D eigenvalue weighted by Crippen LogP contribution is -2.44. The SMILES string of the molecule is CC(CCO)NC(CN)CCNC(=O)OC(C)(C)C. The van der Waals surface area contributed by atoms with E-state index < -0.39 is 11.7 Å². The first-order chi connectivity index (χ1) is 8.78. The number of rotatable bonds is 8. The number of aliphatic hydroxyl groups is 1. The van der Waals surface area contributed by atoms with Gasteiger partial charge in [0.1, 0.15) is 5.60 Å². The second-order valence-electron chi connectivity index (χ2n) is 5.73. The summed E-state index contributed by atoms with van der Waals surface area (Å²) in [4.78, 5) is 11.4. The van der Waals surface area contributed by atoms with Gasteiger partial charge in [-0.15, -0.1) is 0 Å². The minimum atomic E-state index is -0.481. The number of carbonyl (C=O) groups is 1. The highest BCUT2D eigenvalue weighted by molar-refractivity contribution is 5.67. The van der Waals surface area contributed by atoms with Gasteiger partial charge in [0.25, 0.3) is 0 Å². The maximum absolute atomic E-state index is 11.4. The van der Waals surface area contributed by atoms with Crippen LogP contribution in [0.2, 0.25) is 0 Å². The molecule has 0 spiro atoms. The molecule has 2 atom stereocenters. The average Bonchev–Trinajstić information content (AvgIpc) is 2.25. The van der Waals surface area contributed by atoms with Gasteiger partial charge in [0.2, 0.25) is 0 Å². The lowest BCUT2D eigenvalue weighted by molar-refractivity contribution is 0.0526. The number of nitrogens with one attached hydrogen (secondary N) is 2. The normalized spacial score (nSPS) is 14.8. The Morgan fingerprint density at radius 1 is 1.37 bits per heavy atom. The monoisotopic (exact) mass is 275 g/mol. The van der Waals surface area contributed by atoms with Crippen LogP contribution in [0.5, 0.6) is 0 Å². The average molecular weight is 275 g/mol. The Kier molecular flexibility index (Phi) is 8.71. The van der Waals surface area contributed by atoms with Crippen LogP contribution in [0.15, 0.2) is 0 Å². The molecule has 6 heteroatoms. The molecule has 6 nitrogen and oxygen atoms in total. The molecule has 0 fully saturated rings. The van der Waals surface area contributed by atoms with Crippen molar-refractivity contribution < 1.29 is 14.6 Å². The third-order valence-corrected chi connectivity index (χ3v) is 2.53. The van der Waals surface area contributed by atoms with Gasteiger partial charge in [-0.2, -0.15) is 0 Å². The largest absolute Gasteiger partial charge is 0.444 e. The van der Waals surface area contributed by atoms with Crippen molar-refractivity contribution >= 4 is 6.09 Å². The highest BCUT2D eigenvalue weighted by atomic mass is 16.6. The fourth-order valence-corrected chi connectivity index (χ4v) is 1.61. The van der Waals surface area contributed by atoms with Crippen LogP contribution in [-0.4, -0.2) is 48.6 Å². The summed E-state index contributed by atoms with van der Waals surface area (Å²) < 4.78 is 5.14. The van der Waals surface area contributed by atoms with Crippen LogP contribution in [0.3, 0.4) is 0 Å². The molecule has 0 aliphatic heterocycles. The molecule has 0 aromatic carbocycles. The number of aliphatic hydroxyl groups excluding tert-OH is 1. The van der Waals surface area contributed by atoms with E-state index >= 15 is 0 Å². The molecular formula is C13H29N3O3. The Labute approximate surface area is 116 Å². The Hall–Kier alpha value is -0.850. The van der Waals surface area contributed by atoms with E-state index in [1.807, 2.05) is 27.7 Å². The molecule has 1 amide bonds. The molecule has 19 heavy (non-hydrogen) atoms. The summed E-state index contributed by atoms with van der Waals surface area (Å²) in [5, 5.41) is 14.9. The van der Waals surface area contributed by atoms with Crippen LogP contribution < -0.4 is 16.4 Å². The van der Waals surface area contributed by atoms with Crippen molar-refractivity contribution in [2.45, 2.75) is 58.2 Å². The molecule has 0 bridgehead atoms. The summed E-state index contributed by atoms with van der Waals surface area (Å²) in [7, 11) is 0. The third kappa shape index (κ3) is 10.7. The number of ether oxygens (including phenoxy) is 1. The third-order valence-electron chi connectivity index (χ3n) is 2.53. The summed E-state index contributed by atoms with van der Waals surface area (Å²) in [6, 6.07) is 0.330. The molecule has 0 heterocycles. The molecular weight excluding hydrogens is 246 g/mol.